The Balaban J connectivity index is 2.50. The largest absolute Gasteiger partial charge is 0.493 e. The molecule has 0 saturated heterocycles. The highest BCUT2D eigenvalue weighted by Gasteiger charge is 2.09. The van der Waals surface area contributed by atoms with E-state index in [0.717, 1.165) is 5.56 Å². The molecule has 0 fully saturated rings. The summed E-state index contributed by atoms with van der Waals surface area (Å²) >= 11 is 5.71. The fraction of sp³-hybridized carbons (Fsp3) is 0.231. The van der Waals surface area contributed by atoms with Crippen molar-refractivity contribution in [2.75, 3.05) is 14.2 Å². The summed E-state index contributed by atoms with van der Waals surface area (Å²) in [4.78, 5) is 11.4. The highest BCUT2D eigenvalue weighted by Crippen LogP contribution is 2.31. The van der Waals surface area contributed by atoms with Crippen molar-refractivity contribution in [3.63, 3.8) is 0 Å². The van der Waals surface area contributed by atoms with Crippen LogP contribution in [0.15, 0.2) is 29.1 Å². The van der Waals surface area contributed by atoms with Gasteiger partial charge in [0.2, 0.25) is 0 Å². The molecular weight excluding hydrogens is 268 g/mol. The molecule has 2 aromatic rings. The Hall–Kier alpha value is -2.01. The first-order valence-corrected chi connectivity index (χ1v) is 6.10. The van der Waals surface area contributed by atoms with Gasteiger partial charge in [0.1, 0.15) is 0 Å². The van der Waals surface area contributed by atoms with Crippen LogP contribution >= 0.6 is 11.6 Å². The monoisotopic (exact) mass is 280 g/mol. The van der Waals surface area contributed by atoms with Gasteiger partial charge in [-0.05, 0) is 24.3 Å². The summed E-state index contributed by atoms with van der Waals surface area (Å²) in [5.41, 5.74) is 1.62. The van der Waals surface area contributed by atoms with Crippen molar-refractivity contribution in [3.8, 4) is 22.8 Å². The second-order valence-corrected chi connectivity index (χ2v) is 4.08. The van der Waals surface area contributed by atoms with Crippen LogP contribution in [-0.2, 0) is 5.88 Å². The average Bonchev–Trinajstić information content (AvgIpc) is 2.47. The maximum atomic E-state index is 11.4. The molecule has 6 heteroatoms. The number of benzene rings is 1. The molecular formula is C13H13ClN2O3. The molecule has 1 heterocycles. The lowest BCUT2D eigenvalue weighted by atomic mass is 10.1. The zero-order valence-corrected chi connectivity index (χ0v) is 11.3. The highest BCUT2D eigenvalue weighted by molar-refractivity contribution is 6.17. The Morgan fingerprint density at radius 3 is 2.58 bits per heavy atom. The number of nitrogens with one attached hydrogen (secondary N) is 1. The fourth-order valence-electron chi connectivity index (χ4n) is 1.69. The molecule has 1 aromatic heterocycles. The third-order valence-electron chi connectivity index (χ3n) is 2.70. The molecule has 5 nitrogen and oxygen atoms in total. The predicted octanol–water partition coefficient (Wildman–Crippen LogP) is 2.19. The zero-order valence-electron chi connectivity index (χ0n) is 10.6. The minimum absolute atomic E-state index is 0.137. The number of rotatable bonds is 4. The van der Waals surface area contributed by atoms with Crippen molar-refractivity contribution in [2.24, 2.45) is 0 Å². The van der Waals surface area contributed by atoms with Crippen LogP contribution in [0.25, 0.3) is 11.3 Å². The third kappa shape index (κ3) is 2.71. The molecule has 0 atom stereocenters. The number of alkyl halides is 1. The number of methoxy groups -OCH3 is 2. The molecule has 100 valence electrons. The SMILES string of the molecule is COc1ccc(-c2cc(CCl)c(=O)[nH]n2)cc1OC. The van der Waals surface area contributed by atoms with Crippen LogP contribution in [0.3, 0.4) is 0 Å². The molecule has 0 saturated carbocycles. The summed E-state index contributed by atoms with van der Waals surface area (Å²) in [6.07, 6.45) is 0. The van der Waals surface area contributed by atoms with Crippen LogP contribution < -0.4 is 15.0 Å². The van der Waals surface area contributed by atoms with Crippen LogP contribution in [0.1, 0.15) is 5.56 Å². The van der Waals surface area contributed by atoms with Crippen molar-refractivity contribution < 1.29 is 9.47 Å². The van der Waals surface area contributed by atoms with Crippen molar-refractivity contribution in [1.29, 1.82) is 0 Å². The van der Waals surface area contributed by atoms with E-state index in [9.17, 15) is 4.79 Å². The van der Waals surface area contributed by atoms with Crippen LogP contribution in [0, 0.1) is 0 Å². The van der Waals surface area contributed by atoms with E-state index in [2.05, 4.69) is 10.2 Å². The van der Waals surface area contributed by atoms with Crippen LogP contribution in [0.4, 0.5) is 0 Å². The predicted molar refractivity (Wildman–Crippen MR) is 73.0 cm³/mol. The van der Waals surface area contributed by atoms with Gasteiger partial charge in [0.25, 0.3) is 5.56 Å². The van der Waals surface area contributed by atoms with Gasteiger partial charge in [-0.3, -0.25) is 4.79 Å². The van der Waals surface area contributed by atoms with Crippen molar-refractivity contribution >= 4 is 11.6 Å². The lowest BCUT2D eigenvalue weighted by molar-refractivity contribution is 0.355. The van der Waals surface area contributed by atoms with Crippen molar-refractivity contribution in [3.05, 3.63) is 40.2 Å². The Morgan fingerprint density at radius 1 is 1.21 bits per heavy atom. The first-order chi connectivity index (χ1) is 9.19. The van der Waals surface area contributed by atoms with E-state index in [1.807, 2.05) is 6.07 Å². The van der Waals surface area contributed by atoms with Crippen LogP contribution in [-0.4, -0.2) is 24.4 Å². The van der Waals surface area contributed by atoms with Crippen molar-refractivity contribution in [2.45, 2.75) is 5.88 Å². The van der Waals surface area contributed by atoms with Gasteiger partial charge in [0.15, 0.2) is 11.5 Å². The molecule has 0 spiro atoms. The molecule has 0 amide bonds. The molecule has 1 N–H and O–H groups in total. The number of ether oxygens (including phenoxy) is 2. The van der Waals surface area contributed by atoms with E-state index >= 15 is 0 Å². The van der Waals surface area contributed by atoms with E-state index in [1.54, 1.807) is 32.4 Å². The van der Waals surface area contributed by atoms with Gasteiger partial charge in [0.05, 0.1) is 25.8 Å². The highest BCUT2D eigenvalue weighted by atomic mass is 35.5. The number of hydrogen-bond acceptors (Lipinski definition) is 4. The Kier molecular flexibility index (Phi) is 4.06. The van der Waals surface area contributed by atoms with Crippen LogP contribution in [0.5, 0.6) is 11.5 Å². The molecule has 0 aliphatic heterocycles. The quantitative estimate of drug-likeness (QED) is 0.872. The number of hydrogen-bond donors (Lipinski definition) is 1. The molecule has 0 radical (unpaired) electrons. The van der Waals surface area contributed by atoms with E-state index in [4.69, 9.17) is 21.1 Å². The standard InChI is InChI=1S/C13H13ClN2O3/c1-18-11-4-3-8(6-12(11)19-2)10-5-9(7-14)13(17)16-15-10/h3-6H,7H2,1-2H3,(H,16,17). The second-order valence-electron chi connectivity index (χ2n) is 3.81. The molecule has 0 aliphatic carbocycles. The molecule has 1 aromatic carbocycles. The molecule has 0 aliphatic rings. The molecule has 2 rings (SSSR count). The van der Waals surface area contributed by atoms with Gasteiger partial charge in [-0.2, -0.15) is 5.10 Å². The lowest BCUT2D eigenvalue weighted by Crippen LogP contribution is -2.13. The van der Waals surface area contributed by atoms with Gasteiger partial charge < -0.3 is 9.47 Å². The first-order valence-electron chi connectivity index (χ1n) is 5.56. The molecule has 0 unspecified atom stereocenters. The Labute approximate surface area is 115 Å². The normalized spacial score (nSPS) is 10.3. The first kappa shape index (κ1) is 13.4. The Morgan fingerprint density at radius 2 is 1.95 bits per heavy atom. The van der Waals surface area contributed by atoms with Gasteiger partial charge in [-0.25, -0.2) is 5.10 Å². The Bertz CT molecular complexity index is 640. The van der Waals surface area contributed by atoms with Gasteiger partial charge in [0, 0.05) is 11.1 Å². The summed E-state index contributed by atoms with van der Waals surface area (Å²) in [7, 11) is 3.13. The molecule has 19 heavy (non-hydrogen) atoms. The van der Waals surface area contributed by atoms with Gasteiger partial charge >= 0.3 is 0 Å². The minimum Gasteiger partial charge on any atom is -0.493 e. The van der Waals surface area contributed by atoms with E-state index in [-0.39, 0.29) is 11.4 Å². The number of aromatic amines is 1. The summed E-state index contributed by atoms with van der Waals surface area (Å²) in [6, 6.07) is 7.06. The van der Waals surface area contributed by atoms with Gasteiger partial charge in [-0.1, -0.05) is 0 Å². The average molecular weight is 281 g/mol. The summed E-state index contributed by atoms with van der Waals surface area (Å²) in [5, 5.41) is 6.42. The van der Waals surface area contributed by atoms with Gasteiger partial charge in [-0.15, -0.1) is 11.6 Å². The minimum atomic E-state index is -0.278. The van der Waals surface area contributed by atoms with Crippen molar-refractivity contribution in [1.82, 2.24) is 10.2 Å². The number of halogens is 1. The maximum Gasteiger partial charge on any atom is 0.268 e. The summed E-state index contributed by atoms with van der Waals surface area (Å²) < 4.78 is 10.4. The van der Waals surface area contributed by atoms with E-state index in [0.29, 0.717) is 22.8 Å². The lowest BCUT2D eigenvalue weighted by Gasteiger charge is -2.09. The number of aromatic nitrogens is 2. The smallest absolute Gasteiger partial charge is 0.268 e. The third-order valence-corrected chi connectivity index (χ3v) is 2.99. The topological polar surface area (TPSA) is 64.2 Å². The zero-order chi connectivity index (χ0) is 13.8. The number of H-pyrrole nitrogens is 1. The second kappa shape index (κ2) is 5.75. The van der Waals surface area contributed by atoms with E-state index in [1.165, 1.54) is 0 Å². The van der Waals surface area contributed by atoms with E-state index < -0.39 is 0 Å². The maximum absolute atomic E-state index is 11.4. The van der Waals surface area contributed by atoms with Crippen LogP contribution in [0.2, 0.25) is 0 Å². The fourth-order valence-corrected chi connectivity index (χ4v) is 1.89. The summed E-state index contributed by atoms with van der Waals surface area (Å²) in [5.74, 6) is 1.37. The summed E-state index contributed by atoms with van der Waals surface area (Å²) in [6.45, 7) is 0. The number of nitrogens with zero attached hydrogens (tertiary/aromatic N) is 1. The molecule has 0 bridgehead atoms.